The Hall–Kier alpha value is -0.0231. The lowest BCUT2D eigenvalue weighted by Gasteiger charge is -2.24. The van der Waals surface area contributed by atoms with Gasteiger partial charge in [0.2, 0.25) is 0 Å². The Kier molecular flexibility index (Phi) is 8.15. The van der Waals surface area contributed by atoms with Crippen LogP contribution >= 0.6 is 0 Å². The van der Waals surface area contributed by atoms with Gasteiger partial charge in [-0.25, -0.2) is 0 Å². The zero-order valence-electron chi connectivity index (χ0n) is 9.79. The number of hydrogen-bond acceptors (Lipinski definition) is 6. The number of nitrogens with one attached hydrogen (secondary N) is 1. The van der Waals surface area contributed by atoms with Crippen LogP contribution in [0.4, 0.5) is 0 Å². The number of nitrogens with two attached hydrogens (primary N) is 2. The SMILES string of the molecule is CO[Si](CCCNCC(N)N)(OC)OC. The molecule has 0 spiro atoms. The van der Waals surface area contributed by atoms with Crippen LogP contribution in [0.3, 0.4) is 0 Å². The third-order valence-corrected chi connectivity index (χ3v) is 4.98. The molecule has 15 heavy (non-hydrogen) atoms. The summed E-state index contributed by atoms with van der Waals surface area (Å²) in [5, 5.41) is 3.14. The van der Waals surface area contributed by atoms with Gasteiger partial charge in [-0.15, -0.1) is 0 Å². The summed E-state index contributed by atoms with van der Waals surface area (Å²) in [6.07, 6.45) is 0.605. The van der Waals surface area contributed by atoms with Gasteiger partial charge in [-0.05, 0) is 13.0 Å². The zero-order chi connectivity index (χ0) is 11.7. The van der Waals surface area contributed by atoms with Crippen LogP contribution in [-0.2, 0) is 13.3 Å². The Morgan fingerprint density at radius 2 is 1.67 bits per heavy atom. The third kappa shape index (κ3) is 6.20. The van der Waals surface area contributed by atoms with Crippen LogP contribution in [0.2, 0.25) is 6.04 Å². The Balaban J connectivity index is 3.63. The second kappa shape index (κ2) is 8.17. The summed E-state index contributed by atoms with van der Waals surface area (Å²) < 4.78 is 15.8. The van der Waals surface area contributed by atoms with E-state index >= 15 is 0 Å². The maximum atomic E-state index is 5.39. The molecule has 0 amide bonds. The summed E-state index contributed by atoms with van der Waals surface area (Å²) >= 11 is 0. The van der Waals surface area contributed by atoms with Gasteiger partial charge in [-0.3, -0.25) is 0 Å². The van der Waals surface area contributed by atoms with E-state index in [0.29, 0.717) is 6.54 Å². The predicted octanol–water partition coefficient (Wildman–Crippen LogP) is -0.912. The first-order valence-electron chi connectivity index (χ1n) is 4.97. The van der Waals surface area contributed by atoms with Crippen LogP contribution in [0.1, 0.15) is 6.42 Å². The van der Waals surface area contributed by atoms with E-state index in [0.717, 1.165) is 19.0 Å². The van der Waals surface area contributed by atoms with Gasteiger partial charge in [0.1, 0.15) is 0 Å². The standard InChI is InChI=1S/C8H23N3O3Si/c1-12-15(13-2,14-3)6-4-5-11-7-8(9)10/h8,11H,4-7,9-10H2,1-3H3. The largest absolute Gasteiger partial charge is 0.500 e. The fourth-order valence-corrected chi connectivity index (χ4v) is 2.98. The summed E-state index contributed by atoms with van der Waals surface area (Å²) in [4.78, 5) is 0. The summed E-state index contributed by atoms with van der Waals surface area (Å²) in [5.74, 6) is 0. The number of rotatable bonds is 9. The van der Waals surface area contributed by atoms with Crippen LogP contribution in [-0.4, -0.2) is 49.4 Å². The van der Waals surface area contributed by atoms with Crippen molar-refractivity contribution in [2.24, 2.45) is 11.5 Å². The Morgan fingerprint density at radius 1 is 1.13 bits per heavy atom. The number of hydrogen-bond donors (Lipinski definition) is 3. The molecule has 0 saturated carbocycles. The minimum Gasteiger partial charge on any atom is -0.377 e. The van der Waals surface area contributed by atoms with E-state index in [9.17, 15) is 0 Å². The molecule has 0 radical (unpaired) electrons. The molecule has 0 fully saturated rings. The molecule has 92 valence electrons. The molecule has 0 bridgehead atoms. The van der Waals surface area contributed by atoms with Crippen LogP contribution in [0, 0.1) is 0 Å². The fourth-order valence-electron chi connectivity index (χ4n) is 1.25. The minimum absolute atomic E-state index is 0.306. The zero-order valence-corrected chi connectivity index (χ0v) is 10.8. The lowest BCUT2D eigenvalue weighted by molar-refractivity contribution is 0.123. The van der Waals surface area contributed by atoms with Crippen molar-refractivity contribution in [2.45, 2.75) is 18.6 Å². The highest BCUT2D eigenvalue weighted by molar-refractivity contribution is 6.60. The predicted molar refractivity (Wildman–Crippen MR) is 61.2 cm³/mol. The van der Waals surface area contributed by atoms with Crippen LogP contribution < -0.4 is 16.8 Å². The van der Waals surface area contributed by atoms with E-state index in [2.05, 4.69) is 5.32 Å². The van der Waals surface area contributed by atoms with E-state index in [1.807, 2.05) is 0 Å². The first-order chi connectivity index (χ1) is 7.10. The molecular weight excluding hydrogens is 214 g/mol. The molecule has 0 atom stereocenters. The van der Waals surface area contributed by atoms with Gasteiger partial charge in [0.15, 0.2) is 0 Å². The van der Waals surface area contributed by atoms with Crippen molar-refractivity contribution >= 4 is 8.80 Å². The summed E-state index contributed by atoms with van der Waals surface area (Å²) in [6, 6.07) is 0.781. The molecular formula is C8H23N3O3Si. The molecule has 0 aliphatic heterocycles. The van der Waals surface area contributed by atoms with E-state index < -0.39 is 8.80 Å². The summed E-state index contributed by atoms with van der Waals surface area (Å²) in [6.45, 7) is 1.44. The smallest absolute Gasteiger partial charge is 0.377 e. The van der Waals surface area contributed by atoms with Crippen molar-refractivity contribution in [3.8, 4) is 0 Å². The molecule has 0 aromatic carbocycles. The molecule has 0 aromatic heterocycles. The van der Waals surface area contributed by atoms with Crippen molar-refractivity contribution in [2.75, 3.05) is 34.4 Å². The molecule has 7 heteroatoms. The van der Waals surface area contributed by atoms with Crippen molar-refractivity contribution in [1.29, 1.82) is 0 Å². The van der Waals surface area contributed by atoms with Gasteiger partial charge in [0.25, 0.3) is 0 Å². The quantitative estimate of drug-likeness (QED) is 0.273. The third-order valence-electron chi connectivity index (χ3n) is 2.15. The Bertz CT molecular complexity index is 148. The van der Waals surface area contributed by atoms with Gasteiger partial charge in [-0.2, -0.15) is 0 Å². The van der Waals surface area contributed by atoms with Crippen molar-refractivity contribution in [3.05, 3.63) is 0 Å². The second-order valence-corrected chi connectivity index (χ2v) is 6.36. The average molecular weight is 237 g/mol. The maximum Gasteiger partial charge on any atom is 0.500 e. The highest BCUT2D eigenvalue weighted by atomic mass is 28.4. The lowest BCUT2D eigenvalue weighted by atomic mass is 10.4. The second-order valence-electron chi connectivity index (χ2n) is 3.27. The summed E-state index contributed by atoms with van der Waals surface area (Å²) in [7, 11) is 2.44. The lowest BCUT2D eigenvalue weighted by Crippen LogP contribution is -2.44. The van der Waals surface area contributed by atoms with E-state index in [1.54, 1.807) is 21.3 Å². The molecule has 0 saturated heterocycles. The average Bonchev–Trinajstić information content (AvgIpc) is 2.24. The van der Waals surface area contributed by atoms with E-state index in [1.165, 1.54) is 0 Å². The highest BCUT2D eigenvalue weighted by Gasteiger charge is 2.36. The first kappa shape index (κ1) is 15.0. The van der Waals surface area contributed by atoms with Gasteiger partial charge in [0, 0.05) is 33.9 Å². The Labute approximate surface area is 92.6 Å². The highest BCUT2D eigenvalue weighted by Crippen LogP contribution is 2.14. The minimum atomic E-state index is -2.40. The maximum absolute atomic E-state index is 5.39. The van der Waals surface area contributed by atoms with Crippen LogP contribution in [0.5, 0.6) is 0 Å². The molecule has 0 aromatic rings. The summed E-state index contributed by atoms with van der Waals surface area (Å²) in [5.41, 5.74) is 10.8. The van der Waals surface area contributed by atoms with Gasteiger partial charge in [-0.1, -0.05) is 0 Å². The molecule has 0 heterocycles. The van der Waals surface area contributed by atoms with Crippen LogP contribution in [0.25, 0.3) is 0 Å². The fraction of sp³-hybridized carbons (Fsp3) is 1.00. The first-order valence-corrected chi connectivity index (χ1v) is 6.90. The van der Waals surface area contributed by atoms with E-state index in [-0.39, 0.29) is 6.17 Å². The van der Waals surface area contributed by atoms with E-state index in [4.69, 9.17) is 24.7 Å². The van der Waals surface area contributed by atoms with Gasteiger partial charge in [0.05, 0.1) is 6.17 Å². The Morgan fingerprint density at radius 3 is 2.07 bits per heavy atom. The monoisotopic (exact) mass is 237 g/mol. The van der Waals surface area contributed by atoms with Crippen molar-refractivity contribution < 1.29 is 13.3 Å². The molecule has 0 rings (SSSR count). The molecule has 0 unspecified atom stereocenters. The molecule has 6 nitrogen and oxygen atoms in total. The molecule has 5 N–H and O–H groups in total. The normalized spacial score (nSPS) is 12.4. The van der Waals surface area contributed by atoms with Crippen molar-refractivity contribution in [1.82, 2.24) is 5.32 Å². The van der Waals surface area contributed by atoms with Crippen LogP contribution in [0.15, 0.2) is 0 Å². The topological polar surface area (TPSA) is 91.8 Å². The molecule has 0 aliphatic carbocycles. The van der Waals surface area contributed by atoms with Gasteiger partial charge >= 0.3 is 8.80 Å². The van der Waals surface area contributed by atoms with Gasteiger partial charge < -0.3 is 30.1 Å². The molecule has 0 aliphatic rings. The van der Waals surface area contributed by atoms with Crippen molar-refractivity contribution in [3.63, 3.8) is 0 Å².